The summed E-state index contributed by atoms with van der Waals surface area (Å²) in [5, 5.41) is 1.05. The van der Waals surface area contributed by atoms with E-state index in [-0.39, 0.29) is 17.7 Å². The number of halogens is 3. The van der Waals surface area contributed by atoms with E-state index in [0.717, 1.165) is 27.4 Å². The molecule has 30 heavy (non-hydrogen) atoms. The fraction of sp³-hybridized carbons (Fsp3) is 0.333. The van der Waals surface area contributed by atoms with Crippen molar-refractivity contribution in [3.05, 3.63) is 59.1 Å². The number of carbonyl (C=O) groups is 1. The van der Waals surface area contributed by atoms with E-state index in [2.05, 4.69) is 22.6 Å². The molecule has 1 saturated heterocycles. The van der Waals surface area contributed by atoms with Gasteiger partial charge >= 0.3 is 6.36 Å². The SMILES string of the molecule is CC(c1nc2ccccc2s1)N1CCN(C(=O)c2ccc(OC(F)(F)F)cc2)CC1. The van der Waals surface area contributed by atoms with Crippen molar-refractivity contribution in [3.63, 3.8) is 0 Å². The molecule has 2 aromatic carbocycles. The maximum absolute atomic E-state index is 12.7. The molecule has 1 fully saturated rings. The number of benzene rings is 2. The van der Waals surface area contributed by atoms with Gasteiger partial charge in [-0.25, -0.2) is 4.98 Å². The standard InChI is InChI=1S/C21H20F3N3O2S/c1-14(19-25-17-4-2-3-5-18(17)30-19)26-10-12-27(13-11-26)20(28)15-6-8-16(9-7-15)29-21(22,23)24/h2-9,14H,10-13H2,1H3. The fourth-order valence-corrected chi connectivity index (χ4v) is 4.57. The molecule has 1 unspecified atom stereocenters. The van der Waals surface area contributed by atoms with Gasteiger partial charge in [0.2, 0.25) is 0 Å². The number of nitrogens with zero attached hydrogens (tertiary/aromatic N) is 3. The predicted molar refractivity (Wildman–Crippen MR) is 109 cm³/mol. The third kappa shape index (κ3) is 4.57. The lowest BCUT2D eigenvalue weighted by Gasteiger charge is -2.37. The lowest BCUT2D eigenvalue weighted by molar-refractivity contribution is -0.274. The summed E-state index contributed by atoms with van der Waals surface area (Å²) in [7, 11) is 0. The van der Waals surface area contributed by atoms with Gasteiger partial charge in [0.1, 0.15) is 10.8 Å². The van der Waals surface area contributed by atoms with Crippen molar-refractivity contribution < 1.29 is 22.7 Å². The minimum atomic E-state index is -4.75. The Morgan fingerprint density at radius 1 is 1.07 bits per heavy atom. The molecule has 0 bridgehead atoms. The quantitative estimate of drug-likeness (QED) is 0.595. The summed E-state index contributed by atoms with van der Waals surface area (Å²) in [5.41, 5.74) is 1.34. The van der Waals surface area contributed by atoms with Crippen LogP contribution >= 0.6 is 11.3 Å². The van der Waals surface area contributed by atoms with Crippen molar-refractivity contribution in [2.45, 2.75) is 19.3 Å². The molecule has 0 N–H and O–H groups in total. The first-order valence-electron chi connectivity index (χ1n) is 9.55. The Labute approximate surface area is 175 Å². The van der Waals surface area contributed by atoms with Gasteiger partial charge in [-0.05, 0) is 43.3 Å². The molecule has 1 aliphatic rings. The Bertz CT molecular complexity index is 995. The normalized spacial score (nSPS) is 16.6. The van der Waals surface area contributed by atoms with Crippen LogP contribution in [0.15, 0.2) is 48.5 Å². The zero-order valence-corrected chi connectivity index (χ0v) is 17.0. The minimum absolute atomic E-state index is 0.151. The number of para-hydroxylation sites is 1. The van der Waals surface area contributed by atoms with Crippen LogP contribution in [0.25, 0.3) is 10.2 Å². The highest BCUT2D eigenvalue weighted by molar-refractivity contribution is 7.18. The summed E-state index contributed by atoms with van der Waals surface area (Å²) in [6.45, 7) is 4.63. The lowest BCUT2D eigenvalue weighted by atomic mass is 10.1. The van der Waals surface area contributed by atoms with Crippen LogP contribution in [0.3, 0.4) is 0 Å². The Morgan fingerprint density at radius 3 is 2.37 bits per heavy atom. The third-order valence-electron chi connectivity index (χ3n) is 5.15. The molecule has 158 valence electrons. The number of rotatable bonds is 4. The molecule has 0 radical (unpaired) electrons. The number of hydrogen-bond donors (Lipinski definition) is 0. The van der Waals surface area contributed by atoms with E-state index >= 15 is 0 Å². The third-order valence-corrected chi connectivity index (χ3v) is 6.36. The number of alkyl halides is 3. The second-order valence-corrected chi connectivity index (χ2v) is 8.16. The number of amides is 1. The van der Waals surface area contributed by atoms with Crippen LogP contribution in [-0.4, -0.2) is 53.2 Å². The average Bonchev–Trinajstić information content (AvgIpc) is 3.16. The number of thiazole rings is 1. The summed E-state index contributed by atoms with van der Waals surface area (Å²) in [6, 6.07) is 13.2. The van der Waals surface area contributed by atoms with E-state index in [9.17, 15) is 18.0 Å². The number of hydrogen-bond acceptors (Lipinski definition) is 5. The average molecular weight is 435 g/mol. The van der Waals surface area contributed by atoms with Crippen molar-refractivity contribution in [1.29, 1.82) is 0 Å². The highest BCUT2D eigenvalue weighted by atomic mass is 32.1. The van der Waals surface area contributed by atoms with Crippen molar-refractivity contribution in [2.75, 3.05) is 26.2 Å². The molecule has 5 nitrogen and oxygen atoms in total. The van der Waals surface area contributed by atoms with E-state index in [0.29, 0.717) is 31.7 Å². The number of aromatic nitrogens is 1. The maximum atomic E-state index is 12.7. The van der Waals surface area contributed by atoms with Gasteiger partial charge in [-0.3, -0.25) is 9.69 Å². The molecule has 9 heteroatoms. The number of carbonyl (C=O) groups excluding carboxylic acids is 1. The molecule has 0 aliphatic carbocycles. The first kappa shape index (κ1) is 20.6. The number of fused-ring (bicyclic) bond motifs is 1. The van der Waals surface area contributed by atoms with Gasteiger partial charge in [-0.1, -0.05) is 12.1 Å². The van der Waals surface area contributed by atoms with Crippen LogP contribution in [-0.2, 0) is 0 Å². The van der Waals surface area contributed by atoms with Gasteiger partial charge in [0, 0.05) is 31.7 Å². The molecule has 1 atom stereocenters. The number of ether oxygens (including phenoxy) is 1. The largest absolute Gasteiger partial charge is 0.573 e. The van der Waals surface area contributed by atoms with Gasteiger partial charge in [0.05, 0.1) is 16.3 Å². The van der Waals surface area contributed by atoms with Crippen LogP contribution in [0.2, 0.25) is 0 Å². The van der Waals surface area contributed by atoms with E-state index < -0.39 is 6.36 Å². The minimum Gasteiger partial charge on any atom is -0.406 e. The van der Waals surface area contributed by atoms with Crippen LogP contribution in [0.1, 0.15) is 28.3 Å². The summed E-state index contributed by atoms with van der Waals surface area (Å²) >= 11 is 1.68. The molecule has 1 aromatic heterocycles. The van der Waals surface area contributed by atoms with E-state index in [1.807, 2.05) is 18.2 Å². The van der Waals surface area contributed by atoms with Crippen LogP contribution in [0.4, 0.5) is 13.2 Å². The zero-order chi connectivity index (χ0) is 21.3. The molecule has 1 aliphatic heterocycles. The van der Waals surface area contributed by atoms with Crippen LogP contribution in [0, 0.1) is 0 Å². The van der Waals surface area contributed by atoms with Crippen molar-refractivity contribution in [1.82, 2.24) is 14.8 Å². The second kappa shape index (κ2) is 8.23. The summed E-state index contributed by atoms with van der Waals surface area (Å²) < 4.78 is 41.8. The molecular formula is C21H20F3N3O2S. The highest BCUT2D eigenvalue weighted by Gasteiger charge is 2.31. The van der Waals surface area contributed by atoms with E-state index in [1.165, 1.54) is 12.1 Å². The first-order valence-corrected chi connectivity index (χ1v) is 10.4. The molecule has 4 rings (SSSR count). The summed E-state index contributed by atoms with van der Waals surface area (Å²) in [5.74, 6) is -0.533. The van der Waals surface area contributed by atoms with Crippen molar-refractivity contribution in [2.24, 2.45) is 0 Å². The van der Waals surface area contributed by atoms with E-state index in [4.69, 9.17) is 4.98 Å². The van der Waals surface area contributed by atoms with Crippen LogP contribution < -0.4 is 4.74 Å². The van der Waals surface area contributed by atoms with Gasteiger partial charge in [-0.15, -0.1) is 24.5 Å². The van der Waals surface area contributed by atoms with Crippen molar-refractivity contribution >= 4 is 27.5 Å². The second-order valence-electron chi connectivity index (χ2n) is 7.10. The zero-order valence-electron chi connectivity index (χ0n) is 16.2. The van der Waals surface area contributed by atoms with Gasteiger partial charge < -0.3 is 9.64 Å². The Hall–Kier alpha value is -2.65. The highest BCUT2D eigenvalue weighted by Crippen LogP contribution is 2.30. The maximum Gasteiger partial charge on any atom is 0.573 e. The van der Waals surface area contributed by atoms with Gasteiger partial charge in [0.15, 0.2) is 0 Å². The lowest BCUT2D eigenvalue weighted by Crippen LogP contribution is -2.49. The van der Waals surface area contributed by atoms with Crippen molar-refractivity contribution in [3.8, 4) is 5.75 Å². The molecule has 3 aromatic rings. The number of piperazine rings is 1. The Kier molecular flexibility index (Phi) is 5.66. The van der Waals surface area contributed by atoms with Crippen LogP contribution in [0.5, 0.6) is 5.75 Å². The van der Waals surface area contributed by atoms with E-state index in [1.54, 1.807) is 16.2 Å². The Morgan fingerprint density at radius 2 is 1.73 bits per heavy atom. The monoisotopic (exact) mass is 435 g/mol. The molecular weight excluding hydrogens is 415 g/mol. The summed E-state index contributed by atoms with van der Waals surface area (Å²) in [6.07, 6.45) is -4.75. The molecule has 1 amide bonds. The van der Waals surface area contributed by atoms with Gasteiger partial charge in [-0.2, -0.15) is 0 Å². The fourth-order valence-electron chi connectivity index (χ4n) is 3.52. The predicted octanol–water partition coefficient (Wildman–Crippen LogP) is 4.71. The first-order chi connectivity index (χ1) is 14.3. The smallest absolute Gasteiger partial charge is 0.406 e. The molecule has 0 spiro atoms. The molecule has 0 saturated carbocycles. The topological polar surface area (TPSA) is 45.7 Å². The Balaban J connectivity index is 1.36. The molecule has 2 heterocycles. The summed E-state index contributed by atoms with van der Waals surface area (Å²) in [4.78, 5) is 21.4. The van der Waals surface area contributed by atoms with Gasteiger partial charge in [0.25, 0.3) is 5.91 Å².